The Bertz CT molecular complexity index is 4800. The van der Waals surface area contributed by atoms with Crippen LogP contribution in [0.3, 0.4) is 0 Å². The number of hydrogen-bond donors (Lipinski definition) is 0. The molecule has 0 radical (unpaired) electrons. The second-order valence-electron chi connectivity index (χ2n) is 29.6. The topological polar surface area (TPSA) is 17.4 Å². The van der Waals surface area contributed by atoms with E-state index < -0.39 is 10.8 Å². The van der Waals surface area contributed by atoms with Crippen LogP contribution in [-0.2, 0) is 21.7 Å². The molecule has 2 heterocycles. The number of rotatable bonds is 6. The summed E-state index contributed by atoms with van der Waals surface area (Å²) in [4.78, 5) is 2.61. The van der Waals surface area contributed by atoms with Crippen LogP contribution in [0, 0.1) is 0 Å². The van der Waals surface area contributed by atoms with E-state index in [2.05, 4.69) is 282 Å². The lowest BCUT2D eigenvalue weighted by Gasteiger charge is -2.41. The second kappa shape index (κ2) is 20.2. The number of fused-ring (bicyclic) bond motifs is 22. The van der Waals surface area contributed by atoms with Crippen molar-refractivity contribution in [3.05, 3.63) is 297 Å². The van der Waals surface area contributed by atoms with Crippen molar-refractivity contribution in [2.75, 3.05) is 4.90 Å². The lowest BCUT2D eigenvalue weighted by Crippen LogP contribution is -2.33. The third-order valence-corrected chi connectivity index (χ3v) is 22.6. The van der Waals surface area contributed by atoms with Crippen molar-refractivity contribution in [1.29, 1.82) is 0 Å². The summed E-state index contributed by atoms with van der Waals surface area (Å²) in [5, 5.41) is 2.51. The van der Waals surface area contributed by atoms with Crippen molar-refractivity contribution < 1.29 is 4.74 Å². The Morgan fingerprint density at radius 2 is 0.747 bits per heavy atom. The SMILES string of the molecule is CC(C)(C)c1ccc2c(c1)C1(c3ccccc3-c3ccc(N(c4cccc(-n5c6ccccc6c6ccccc65)c4)c4ccc5c(c4)C4(c6cc(C7CCCCC7)ccc6Oc6ccc(C7CCCCC7)cc64)c4ccccc4-5)cc31)c1cc(C(C)(C)C)ccc1-2. The quantitative estimate of drug-likeness (QED) is 0.165. The van der Waals surface area contributed by atoms with Crippen molar-refractivity contribution >= 4 is 38.9 Å². The maximum atomic E-state index is 7.31. The summed E-state index contributed by atoms with van der Waals surface area (Å²) in [5.41, 5.74) is 29.5. The van der Waals surface area contributed by atoms with Gasteiger partial charge < -0.3 is 14.2 Å². The van der Waals surface area contributed by atoms with E-state index in [0.717, 1.165) is 34.2 Å². The molecule has 11 aromatic carbocycles. The highest BCUT2D eigenvalue weighted by atomic mass is 16.5. The maximum Gasteiger partial charge on any atom is 0.132 e. The van der Waals surface area contributed by atoms with E-state index in [1.165, 1.54) is 186 Å². The lowest BCUT2D eigenvalue weighted by atomic mass is 9.64. The van der Waals surface area contributed by atoms with E-state index in [9.17, 15) is 0 Å². The first-order chi connectivity index (χ1) is 44.4. The minimum atomic E-state index is -0.660. The Labute approximate surface area is 537 Å². The van der Waals surface area contributed by atoms with Gasteiger partial charge in [-0.1, -0.05) is 244 Å². The molecule has 91 heavy (non-hydrogen) atoms. The molecule has 0 unspecified atom stereocenters. The average molecular weight is 1180 g/mol. The van der Waals surface area contributed by atoms with Gasteiger partial charge in [-0.25, -0.2) is 0 Å². The average Bonchev–Trinajstić information content (AvgIpc) is 1.56. The van der Waals surface area contributed by atoms with Crippen LogP contribution in [0.1, 0.15) is 184 Å². The molecule has 3 heteroatoms. The molecule has 0 saturated heterocycles. The number of hydrogen-bond acceptors (Lipinski definition) is 2. The van der Waals surface area contributed by atoms with Crippen LogP contribution in [0.2, 0.25) is 0 Å². The third-order valence-electron chi connectivity index (χ3n) is 22.6. The molecule has 0 N–H and O–H groups in total. The molecule has 2 saturated carbocycles. The fourth-order valence-corrected chi connectivity index (χ4v) is 18.2. The van der Waals surface area contributed by atoms with Gasteiger partial charge in [0, 0.05) is 44.6 Å². The Morgan fingerprint density at radius 3 is 1.23 bits per heavy atom. The number of ether oxygens (including phenoxy) is 1. The predicted octanol–water partition coefficient (Wildman–Crippen LogP) is 23.8. The predicted molar refractivity (Wildman–Crippen MR) is 378 cm³/mol. The number of para-hydroxylation sites is 2. The Balaban J connectivity index is 0.922. The summed E-state index contributed by atoms with van der Waals surface area (Å²) in [5.74, 6) is 2.98. The summed E-state index contributed by atoms with van der Waals surface area (Å²) in [7, 11) is 0. The highest BCUT2D eigenvalue weighted by molar-refractivity contribution is 6.09. The Kier molecular flexibility index (Phi) is 12.1. The minimum absolute atomic E-state index is 0.0620. The molecule has 3 nitrogen and oxygen atoms in total. The largest absolute Gasteiger partial charge is 0.457 e. The van der Waals surface area contributed by atoms with E-state index in [1.807, 2.05) is 0 Å². The summed E-state index contributed by atoms with van der Waals surface area (Å²) in [6.45, 7) is 14.2. The number of anilines is 3. The monoisotopic (exact) mass is 1180 g/mol. The Hall–Kier alpha value is -9.18. The summed E-state index contributed by atoms with van der Waals surface area (Å²) in [6.07, 6.45) is 12.7. The van der Waals surface area contributed by atoms with Gasteiger partial charge in [-0.15, -0.1) is 0 Å². The van der Waals surface area contributed by atoms with Gasteiger partial charge in [0.2, 0.25) is 0 Å². The smallest absolute Gasteiger partial charge is 0.132 e. The molecule has 12 aromatic rings. The Morgan fingerprint density at radius 1 is 0.341 bits per heavy atom. The number of nitrogens with zero attached hydrogens (tertiary/aromatic N) is 2. The highest BCUT2D eigenvalue weighted by Gasteiger charge is 2.54. The van der Waals surface area contributed by atoms with Gasteiger partial charge in [0.05, 0.1) is 21.9 Å². The van der Waals surface area contributed by atoms with Gasteiger partial charge >= 0.3 is 0 Å². The van der Waals surface area contributed by atoms with E-state index in [-0.39, 0.29) is 10.8 Å². The molecule has 5 aliphatic carbocycles. The molecule has 0 bridgehead atoms. The molecule has 446 valence electrons. The van der Waals surface area contributed by atoms with Crippen molar-refractivity contribution in [2.45, 2.75) is 139 Å². The zero-order valence-corrected chi connectivity index (χ0v) is 53.5. The van der Waals surface area contributed by atoms with Gasteiger partial charge in [-0.2, -0.15) is 0 Å². The maximum absolute atomic E-state index is 7.31. The van der Waals surface area contributed by atoms with Crippen LogP contribution in [0.4, 0.5) is 17.1 Å². The number of aromatic nitrogens is 1. The van der Waals surface area contributed by atoms with Gasteiger partial charge in [0.25, 0.3) is 0 Å². The van der Waals surface area contributed by atoms with E-state index in [4.69, 9.17) is 4.74 Å². The van der Waals surface area contributed by atoms with E-state index >= 15 is 0 Å². The molecule has 0 amide bonds. The van der Waals surface area contributed by atoms with E-state index in [1.54, 1.807) is 0 Å². The third kappa shape index (κ3) is 7.98. The van der Waals surface area contributed by atoms with Crippen LogP contribution in [0.15, 0.2) is 231 Å². The first-order valence-electron chi connectivity index (χ1n) is 34.0. The molecular weight excluding hydrogens is 1100 g/mol. The van der Waals surface area contributed by atoms with Crippen molar-refractivity contribution in [3.8, 4) is 50.6 Å². The van der Waals surface area contributed by atoms with Gasteiger partial charge in [0.15, 0.2) is 0 Å². The second-order valence-corrected chi connectivity index (χ2v) is 29.6. The van der Waals surface area contributed by atoms with Crippen molar-refractivity contribution in [2.24, 2.45) is 0 Å². The van der Waals surface area contributed by atoms with Gasteiger partial charge in [-0.05, 0) is 204 Å². The fraction of sp³-hybridized carbons (Fsp3) is 0.250. The van der Waals surface area contributed by atoms with Crippen LogP contribution in [0.5, 0.6) is 11.5 Å². The van der Waals surface area contributed by atoms with Gasteiger partial charge in [0.1, 0.15) is 11.5 Å². The molecule has 18 rings (SSSR count). The van der Waals surface area contributed by atoms with Crippen LogP contribution < -0.4 is 9.64 Å². The molecule has 2 fully saturated rings. The molecule has 1 aliphatic heterocycles. The van der Waals surface area contributed by atoms with Crippen LogP contribution >= 0.6 is 0 Å². The molecule has 6 aliphatic rings. The number of benzene rings is 11. The van der Waals surface area contributed by atoms with Crippen LogP contribution in [-0.4, -0.2) is 4.57 Å². The first kappa shape index (κ1) is 54.7. The van der Waals surface area contributed by atoms with Gasteiger partial charge in [-0.3, -0.25) is 0 Å². The van der Waals surface area contributed by atoms with E-state index in [0.29, 0.717) is 11.8 Å². The molecule has 1 aromatic heterocycles. The highest BCUT2D eigenvalue weighted by Crippen LogP contribution is 2.66. The van der Waals surface area contributed by atoms with Crippen LogP contribution in [0.25, 0.3) is 60.9 Å². The summed E-state index contributed by atoms with van der Waals surface area (Å²) in [6, 6.07) is 90.5. The van der Waals surface area contributed by atoms with Crippen molar-refractivity contribution in [1.82, 2.24) is 4.57 Å². The standard InChI is InChI=1S/C88H78N2O/c1-85(2,3)59-38-42-67-68-43-39-60(86(4,5)6)51-76(68)87(75(67)50-59)73-32-17-13-28-65(73)69-44-40-63(53-77(69)87)89(61-26-21-27-62(52-61)90-81-34-19-15-30-71(81)72-31-16-20-35-82(72)90)64-41-45-70-66-29-14-18-33-74(66)88(78(70)54-64)79-48-57(55-22-9-7-10-23-55)36-46-83(79)91-84-47-37-58(49-80(84)88)56-24-11-8-12-25-56/h13-21,26-56H,7-12,22-25H2,1-6H3. The molecule has 2 spiro atoms. The normalized spacial score (nSPS) is 16.6. The summed E-state index contributed by atoms with van der Waals surface area (Å²) >= 11 is 0. The lowest BCUT2D eigenvalue weighted by molar-refractivity contribution is 0.424. The zero-order valence-electron chi connectivity index (χ0n) is 53.5. The van der Waals surface area contributed by atoms with Crippen molar-refractivity contribution in [3.63, 3.8) is 0 Å². The molecular formula is C88H78N2O. The summed E-state index contributed by atoms with van der Waals surface area (Å²) < 4.78 is 9.79. The fourth-order valence-electron chi connectivity index (χ4n) is 18.2. The molecule has 0 atom stereocenters. The zero-order chi connectivity index (χ0) is 61.1. The minimum Gasteiger partial charge on any atom is -0.457 e. The first-order valence-corrected chi connectivity index (χ1v) is 34.0.